The maximum Gasteiger partial charge on any atom is 0.0878 e. The molecule has 14 heavy (non-hydrogen) atoms. The van der Waals surface area contributed by atoms with Crippen molar-refractivity contribution in [2.45, 2.75) is 19.3 Å². The molecule has 0 amide bonds. The van der Waals surface area contributed by atoms with Crippen LogP contribution in [0.3, 0.4) is 0 Å². The lowest BCUT2D eigenvalue weighted by Crippen LogP contribution is -2.02. The molecule has 0 aromatic rings. The van der Waals surface area contributed by atoms with Crippen molar-refractivity contribution < 1.29 is 4.57 Å². The summed E-state index contributed by atoms with van der Waals surface area (Å²) in [7, 11) is -2.02. The molecule has 0 heterocycles. The van der Waals surface area contributed by atoms with Crippen LogP contribution in [0.5, 0.6) is 0 Å². The molecule has 1 nitrogen and oxygen atoms in total. The number of halogens is 3. The average Bonchev–Trinajstić information content (AvgIpc) is 2.21. The first-order chi connectivity index (χ1) is 6.68. The fraction of sp³-hybridized carbons (Fsp3) is 1.00. The first kappa shape index (κ1) is 15.1. The Morgan fingerprint density at radius 1 is 0.714 bits per heavy atom. The zero-order valence-electron chi connectivity index (χ0n) is 8.35. The van der Waals surface area contributed by atoms with Crippen LogP contribution in [0, 0.1) is 0 Å². The number of rotatable bonds is 9. The molecule has 0 spiro atoms. The maximum absolute atomic E-state index is 12.3. The molecule has 0 unspecified atom stereocenters. The van der Waals surface area contributed by atoms with E-state index < -0.39 is 7.14 Å². The Hall–Kier alpha value is 1.10. The van der Waals surface area contributed by atoms with Gasteiger partial charge in [-0.3, -0.25) is 0 Å². The SMILES string of the molecule is O=P(CCCCl)(CCCCl)CCCCl. The van der Waals surface area contributed by atoms with E-state index in [1.807, 2.05) is 0 Å². The molecular formula is C9H18Cl3OP. The minimum Gasteiger partial charge on any atom is -0.324 e. The molecule has 0 aliphatic carbocycles. The van der Waals surface area contributed by atoms with Gasteiger partial charge in [-0.1, -0.05) is 0 Å². The fourth-order valence-electron chi connectivity index (χ4n) is 1.38. The van der Waals surface area contributed by atoms with Crippen molar-refractivity contribution in [2.75, 3.05) is 36.1 Å². The second kappa shape index (κ2) is 9.33. The molecule has 0 atom stereocenters. The van der Waals surface area contributed by atoms with Crippen LogP contribution in [0.2, 0.25) is 0 Å². The van der Waals surface area contributed by atoms with E-state index in [1.165, 1.54) is 0 Å². The number of hydrogen-bond donors (Lipinski definition) is 0. The zero-order chi connectivity index (χ0) is 10.9. The Morgan fingerprint density at radius 3 is 1.21 bits per heavy atom. The maximum atomic E-state index is 12.3. The molecular weight excluding hydrogens is 261 g/mol. The normalized spacial score (nSPS) is 11.9. The Morgan fingerprint density at radius 2 is 1.00 bits per heavy atom. The lowest BCUT2D eigenvalue weighted by Gasteiger charge is -2.16. The topological polar surface area (TPSA) is 17.1 Å². The van der Waals surface area contributed by atoms with Gasteiger partial charge in [-0.15, -0.1) is 34.8 Å². The summed E-state index contributed by atoms with van der Waals surface area (Å²) in [6.07, 6.45) is 4.77. The van der Waals surface area contributed by atoms with E-state index in [0.717, 1.165) is 37.7 Å². The average molecular weight is 280 g/mol. The summed E-state index contributed by atoms with van der Waals surface area (Å²) in [5.74, 6) is 1.77. The Labute approximate surface area is 102 Å². The van der Waals surface area contributed by atoms with E-state index in [4.69, 9.17) is 34.8 Å². The molecule has 0 bridgehead atoms. The van der Waals surface area contributed by atoms with Crippen LogP contribution in [0.4, 0.5) is 0 Å². The molecule has 0 N–H and O–H groups in total. The summed E-state index contributed by atoms with van der Waals surface area (Å²) in [5.41, 5.74) is 0. The molecule has 0 aromatic carbocycles. The Bertz CT molecular complexity index is 147. The van der Waals surface area contributed by atoms with Crippen LogP contribution in [0.25, 0.3) is 0 Å². The molecule has 0 saturated carbocycles. The van der Waals surface area contributed by atoms with Gasteiger partial charge in [-0.25, -0.2) is 0 Å². The Kier molecular flexibility index (Phi) is 10.1. The van der Waals surface area contributed by atoms with E-state index in [9.17, 15) is 4.57 Å². The third-order valence-corrected chi connectivity index (χ3v) is 6.29. The summed E-state index contributed by atoms with van der Waals surface area (Å²) in [5, 5.41) is 0. The van der Waals surface area contributed by atoms with Crippen LogP contribution < -0.4 is 0 Å². The molecule has 0 aliphatic heterocycles. The van der Waals surface area contributed by atoms with Gasteiger partial charge in [0.15, 0.2) is 0 Å². The van der Waals surface area contributed by atoms with E-state index in [2.05, 4.69) is 0 Å². The number of hydrogen-bond acceptors (Lipinski definition) is 1. The van der Waals surface area contributed by atoms with Crippen molar-refractivity contribution in [3.05, 3.63) is 0 Å². The van der Waals surface area contributed by atoms with Crippen molar-refractivity contribution >= 4 is 41.9 Å². The second-order valence-electron chi connectivity index (χ2n) is 3.36. The summed E-state index contributed by atoms with van der Waals surface area (Å²) in [6.45, 7) is 0. The molecule has 86 valence electrons. The summed E-state index contributed by atoms with van der Waals surface area (Å²) < 4.78 is 12.3. The van der Waals surface area contributed by atoms with Gasteiger partial charge in [0.25, 0.3) is 0 Å². The van der Waals surface area contributed by atoms with Gasteiger partial charge in [-0.2, -0.15) is 0 Å². The van der Waals surface area contributed by atoms with Gasteiger partial charge in [0, 0.05) is 36.1 Å². The molecule has 5 heteroatoms. The molecule has 0 aromatic heterocycles. The predicted molar refractivity (Wildman–Crippen MR) is 68.2 cm³/mol. The third kappa shape index (κ3) is 7.40. The van der Waals surface area contributed by atoms with Crippen molar-refractivity contribution in [2.24, 2.45) is 0 Å². The smallest absolute Gasteiger partial charge is 0.0878 e. The van der Waals surface area contributed by atoms with Gasteiger partial charge in [0.2, 0.25) is 0 Å². The van der Waals surface area contributed by atoms with Gasteiger partial charge in [0.05, 0.1) is 7.14 Å². The minimum atomic E-state index is -2.02. The minimum absolute atomic E-state index is 0.589. The standard InChI is InChI=1S/C9H18Cl3OP/c10-4-1-7-14(13,8-2-5-11)9-3-6-12/h1-9H2. The van der Waals surface area contributed by atoms with Gasteiger partial charge in [-0.05, 0) is 19.3 Å². The lowest BCUT2D eigenvalue weighted by molar-refractivity contribution is 0.571. The van der Waals surface area contributed by atoms with E-state index >= 15 is 0 Å². The predicted octanol–water partition coefficient (Wildman–Crippen LogP) is 4.24. The highest BCUT2D eigenvalue weighted by Gasteiger charge is 2.19. The highest BCUT2D eigenvalue weighted by Crippen LogP contribution is 2.47. The monoisotopic (exact) mass is 278 g/mol. The van der Waals surface area contributed by atoms with E-state index in [1.54, 1.807) is 0 Å². The van der Waals surface area contributed by atoms with Crippen LogP contribution in [0.1, 0.15) is 19.3 Å². The van der Waals surface area contributed by atoms with Crippen molar-refractivity contribution in [3.63, 3.8) is 0 Å². The third-order valence-electron chi connectivity index (χ3n) is 2.10. The van der Waals surface area contributed by atoms with Crippen LogP contribution >= 0.6 is 41.9 Å². The summed E-state index contributed by atoms with van der Waals surface area (Å²) >= 11 is 16.8. The first-order valence-electron chi connectivity index (χ1n) is 4.93. The molecule has 0 radical (unpaired) electrons. The van der Waals surface area contributed by atoms with Crippen LogP contribution in [-0.2, 0) is 4.57 Å². The van der Waals surface area contributed by atoms with Crippen molar-refractivity contribution in [1.82, 2.24) is 0 Å². The molecule has 0 aliphatic rings. The van der Waals surface area contributed by atoms with Gasteiger partial charge < -0.3 is 4.57 Å². The summed E-state index contributed by atoms with van der Waals surface area (Å²) in [4.78, 5) is 0. The second-order valence-corrected chi connectivity index (χ2v) is 7.95. The molecule has 0 saturated heterocycles. The van der Waals surface area contributed by atoms with E-state index in [-0.39, 0.29) is 0 Å². The van der Waals surface area contributed by atoms with Gasteiger partial charge in [0.1, 0.15) is 0 Å². The molecule has 0 rings (SSSR count). The zero-order valence-corrected chi connectivity index (χ0v) is 11.5. The largest absolute Gasteiger partial charge is 0.324 e. The van der Waals surface area contributed by atoms with Crippen LogP contribution in [-0.4, -0.2) is 36.1 Å². The first-order valence-corrected chi connectivity index (χ1v) is 8.80. The van der Waals surface area contributed by atoms with Crippen molar-refractivity contribution in [1.29, 1.82) is 0 Å². The lowest BCUT2D eigenvalue weighted by atomic mass is 10.5. The van der Waals surface area contributed by atoms with Crippen LogP contribution in [0.15, 0.2) is 0 Å². The quantitative estimate of drug-likeness (QED) is 0.456. The highest BCUT2D eigenvalue weighted by molar-refractivity contribution is 7.63. The van der Waals surface area contributed by atoms with Gasteiger partial charge >= 0.3 is 0 Å². The summed E-state index contributed by atoms with van der Waals surface area (Å²) in [6, 6.07) is 0. The molecule has 0 fully saturated rings. The number of alkyl halides is 3. The van der Waals surface area contributed by atoms with Crippen molar-refractivity contribution in [3.8, 4) is 0 Å². The fourth-order valence-corrected chi connectivity index (χ4v) is 5.21. The highest BCUT2D eigenvalue weighted by atomic mass is 35.5. The Balaban J connectivity index is 3.97. The van der Waals surface area contributed by atoms with E-state index in [0.29, 0.717) is 17.6 Å².